The molecule has 0 saturated heterocycles. The molecular weight excluding hydrogens is 222 g/mol. The van der Waals surface area contributed by atoms with Gasteiger partial charge in [0, 0.05) is 5.92 Å². The van der Waals surface area contributed by atoms with E-state index in [2.05, 4.69) is 4.98 Å². The lowest BCUT2D eigenvalue weighted by atomic mass is 10.2. The number of thiazole rings is 1. The van der Waals surface area contributed by atoms with Crippen LogP contribution in [-0.4, -0.2) is 10.9 Å². The minimum atomic E-state index is -0.128. The lowest BCUT2D eigenvalue weighted by Crippen LogP contribution is -2.40. The third-order valence-electron chi connectivity index (χ3n) is 2.22. The van der Waals surface area contributed by atoms with Crippen molar-refractivity contribution in [2.24, 2.45) is 11.8 Å². The van der Waals surface area contributed by atoms with Crippen molar-refractivity contribution in [1.29, 1.82) is 0 Å². The Hall–Kier alpha value is -1.46. The van der Waals surface area contributed by atoms with Crippen LogP contribution in [0.15, 0.2) is 24.3 Å². The van der Waals surface area contributed by atoms with Crippen LogP contribution in [0.3, 0.4) is 0 Å². The van der Waals surface area contributed by atoms with Crippen molar-refractivity contribution in [1.82, 2.24) is 4.98 Å². The molecule has 0 bridgehead atoms. The first-order chi connectivity index (χ1) is 7.59. The Labute approximate surface area is 97.7 Å². The molecule has 0 radical (unpaired) electrons. The molecule has 0 saturated carbocycles. The topological polar surface area (TPSA) is 59.2 Å². The van der Waals surface area contributed by atoms with Crippen LogP contribution in [0.25, 0.3) is 10.2 Å². The Morgan fingerprint density at radius 3 is 2.75 bits per heavy atom. The molecule has 1 aromatic heterocycles. The van der Waals surface area contributed by atoms with Crippen molar-refractivity contribution in [3.8, 4) is 0 Å². The molecule has 2 N–H and O–H groups in total. The second kappa shape index (κ2) is 4.19. The largest absolute Gasteiger partial charge is 0.273 e. The summed E-state index contributed by atoms with van der Waals surface area (Å²) in [6.07, 6.45) is 0. The summed E-state index contributed by atoms with van der Waals surface area (Å²) in [7, 11) is 0. The van der Waals surface area contributed by atoms with Gasteiger partial charge in [-0.25, -0.2) is 15.8 Å². The molecule has 1 amide bonds. The molecule has 0 atom stereocenters. The minimum absolute atomic E-state index is 0.126. The van der Waals surface area contributed by atoms with Gasteiger partial charge in [-0.15, -0.1) is 0 Å². The summed E-state index contributed by atoms with van der Waals surface area (Å²) >= 11 is 1.42. The van der Waals surface area contributed by atoms with E-state index >= 15 is 0 Å². The number of carbonyl (C=O) groups excluding carboxylic acids is 1. The van der Waals surface area contributed by atoms with E-state index < -0.39 is 0 Å². The quantitative estimate of drug-likeness (QED) is 0.493. The molecule has 0 unspecified atom stereocenters. The van der Waals surface area contributed by atoms with Crippen LogP contribution in [0, 0.1) is 5.92 Å². The molecule has 0 aliphatic carbocycles. The number of amides is 1. The highest BCUT2D eigenvalue weighted by atomic mass is 32.1. The van der Waals surface area contributed by atoms with Gasteiger partial charge in [0.05, 0.1) is 10.2 Å². The maximum Gasteiger partial charge on any atom is 0.245 e. The number of hydrazine groups is 1. The van der Waals surface area contributed by atoms with Gasteiger partial charge in [-0.1, -0.05) is 37.3 Å². The Bertz CT molecular complexity index is 488. The molecule has 1 heterocycles. The summed E-state index contributed by atoms with van der Waals surface area (Å²) in [5.74, 6) is 5.48. The van der Waals surface area contributed by atoms with Crippen LogP contribution >= 0.6 is 11.3 Å². The highest BCUT2D eigenvalue weighted by Crippen LogP contribution is 2.27. The van der Waals surface area contributed by atoms with E-state index in [-0.39, 0.29) is 11.8 Å². The van der Waals surface area contributed by atoms with E-state index in [1.165, 1.54) is 11.3 Å². The molecule has 16 heavy (non-hydrogen) atoms. The third kappa shape index (κ3) is 1.91. The van der Waals surface area contributed by atoms with E-state index in [4.69, 9.17) is 5.84 Å². The van der Waals surface area contributed by atoms with Gasteiger partial charge in [-0.3, -0.25) is 4.79 Å². The van der Waals surface area contributed by atoms with Gasteiger partial charge in [0.25, 0.3) is 0 Å². The van der Waals surface area contributed by atoms with Gasteiger partial charge < -0.3 is 0 Å². The van der Waals surface area contributed by atoms with E-state index in [0.717, 1.165) is 15.2 Å². The number of nitrogens with zero attached hydrogens (tertiary/aromatic N) is 2. The normalized spacial score (nSPS) is 11.0. The van der Waals surface area contributed by atoms with Gasteiger partial charge in [0.2, 0.25) is 11.0 Å². The fourth-order valence-corrected chi connectivity index (χ4v) is 2.23. The average molecular weight is 235 g/mol. The van der Waals surface area contributed by atoms with Crippen molar-refractivity contribution in [2.45, 2.75) is 13.8 Å². The lowest BCUT2D eigenvalue weighted by Gasteiger charge is -2.14. The zero-order valence-electron chi connectivity index (χ0n) is 9.18. The van der Waals surface area contributed by atoms with Gasteiger partial charge in [0.1, 0.15) is 0 Å². The minimum Gasteiger partial charge on any atom is -0.273 e. The second-order valence-corrected chi connectivity index (χ2v) is 4.84. The van der Waals surface area contributed by atoms with Crippen LogP contribution in [0.5, 0.6) is 0 Å². The van der Waals surface area contributed by atoms with Gasteiger partial charge in [-0.2, -0.15) is 0 Å². The summed E-state index contributed by atoms with van der Waals surface area (Å²) in [4.78, 5) is 16.0. The second-order valence-electron chi connectivity index (χ2n) is 3.83. The summed E-state index contributed by atoms with van der Waals surface area (Å²) in [6, 6.07) is 7.72. The number of hydrogen-bond donors (Lipinski definition) is 1. The molecular formula is C11H13N3OS. The van der Waals surface area contributed by atoms with Crippen molar-refractivity contribution in [3.05, 3.63) is 24.3 Å². The van der Waals surface area contributed by atoms with E-state index in [0.29, 0.717) is 5.13 Å². The van der Waals surface area contributed by atoms with Gasteiger partial charge >= 0.3 is 0 Å². The van der Waals surface area contributed by atoms with Crippen molar-refractivity contribution in [3.63, 3.8) is 0 Å². The molecule has 1 aromatic carbocycles. The molecule has 0 spiro atoms. The number of rotatable bonds is 2. The molecule has 4 nitrogen and oxygen atoms in total. The van der Waals surface area contributed by atoms with E-state index in [1.54, 1.807) is 0 Å². The highest BCUT2D eigenvalue weighted by molar-refractivity contribution is 7.22. The lowest BCUT2D eigenvalue weighted by molar-refractivity contribution is -0.121. The predicted molar refractivity (Wildman–Crippen MR) is 66.1 cm³/mol. The predicted octanol–water partition coefficient (Wildman–Crippen LogP) is 2.16. The summed E-state index contributed by atoms with van der Waals surface area (Å²) in [5.41, 5.74) is 0.870. The Balaban J connectivity index is 2.37. The van der Waals surface area contributed by atoms with Crippen molar-refractivity contribution >= 4 is 32.6 Å². The van der Waals surface area contributed by atoms with Crippen LogP contribution in [0.1, 0.15) is 13.8 Å². The highest BCUT2D eigenvalue weighted by Gasteiger charge is 2.18. The van der Waals surface area contributed by atoms with Crippen molar-refractivity contribution < 1.29 is 4.79 Å². The number of hydrogen-bond acceptors (Lipinski definition) is 4. The van der Waals surface area contributed by atoms with E-state index in [1.807, 2.05) is 38.1 Å². The Morgan fingerprint density at radius 1 is 1.44 bits per heavy atom. The maximum atomic E-state index is 11.7. The maximum absolute atomic E-state index is 11.7. The zero-order valence-corrected chi connectivity index (χ0v) is 9.99. The molecule has 2 aromatic rings. The van der Waals surface area contributed by atoms with Crippen LogP contribution in [0.4, 0.5) is 5.13 Å². The van der Waals surface area contributed by atoms with E-state index in [9.17, 15) is 4.79 Å². The van der Waals surface area contributed by atoms with Crippen LogP contribution < -0.4 is 10.9 Å². The zero-order chi connectivity index (χ0) is 11.7. The Morgan fingerprint density at radius 2 is 2.12 bits per heavy atom. The SMILES string of the molecule is CC(C)C(=O)N(N)c1nc2ccccc2s1. The number of fused-ring (bicyclic) bond motifs is 1. The number of para-hydroxylation sites is 1. The number of benzene rings is 1. The summed E-state index contributed by atoms with van der Waals surface area (Å²) < 4.78 is 1.03. The Kier molecular flexibility index (Phi) is 2.89. The number of carbonyl (C=O) groups is 1. The molecule has 0 fully saturated rings. The first-order valence-corrected chi connectivity index (χ1v) is 5.85. The molecule has 0 aliphatic rings. The first-order valence-electron chi connectivity index (χ1n) is 5.04. The molecule has 0 aliphatic heterocycles. The number of anilines is 1. The first kappa shape index (κ1) is 11.0. The summed E-state index contributed by atoms with van der Waals surface area (Å²) in [6.45, 7) is 3.63. The van der Waals surface area contributed by atoms with Gasteiger partial charge in [-0.05, 0) is 12.1 Å². The van der Waals surface area contributed by atoms with Crippen molar-refractivity contribution in [2.75, 3.05) is 5.01 Å². The fourth-order valence-electron chi connectivity index (χ4n) is 1.34. The molecule has 5 heteroatoms. The smallest absolute Gasteiger partial charge is 0.245 e. The third-order valence-corrected chi connectivity index (χ3v) is 3.26. The molecule has 2 rings (SSSR count). The molecule has 84 valence electrons. The van der Waals surface area contributed by atoms with Crippen LogP contribution in [0.2, 0.25) is 0 Å². The average Bonchev–Trinajstić information content (AvgIpc) is 2.70. The number of nitrogens with two attached hydrogens (primary N) is 1. The standard InChI is InChI=1S/C11H13N3OS/c1-7(2)10(15)14(12)11-13-8-5-3-4-6-9(8)16-11/h3-7H,12H2,1-2H3. The van der Waals surface area contributed by atoms with Crippen LogP contribution in [-0.2, 0) is 4.79 Å². The van der Waals surface area contributed by atoms with Gasteiger partial charge in [0.15, 0.2) is 0 Å². The number of aromatic nitrogens is 1. The fraction of sp³-hybridized carbons (Fsp3) is 0.273. The summed E-state index contributed by atoms with van der Waals surface area (Å²) in [5, 5.41) is 1.68. The monoisotopic (exact) mass is 235 g/mol.